The van der Waals surface area contributed by atoms with Crippen LogP contribution < -0.4 is 0 Å². The third-order valence-corrected chi connectivity index (χ3v) is 4.06. The molecule has 0 aliphatic heterocycles. The van der Waals surface area contributed by atoms with E-state index in [0.29, 0.717) is 0 Å². The lowest BCUT2D eigenvalue weighted by Crippen LogP contribution is -2.17. The number of alkyl halides is 1. The fourth-order valence-corrected chi connectivity index (χ4v) is 1.76. The van der Waals surface area contributed by atoms with Crippen LogP contribution >= 0.6 is 31.9 Å². The Hall–Kier alpha value is 0.110. The molecule has 1 aromatic carbocycles. The minimum atomic E-state index is -0.131. The summed E-state index contributed by atoms with van der Waals surface area (Å²) in [5.41, 5.74) is 0.868. The van der Waals surface area contributed by atoms with E-state index in [-0.39, 0.29) is 11.2 Å². The van der Waals surface area contributed by atoms with Gasteiger partial charge >= 0.3 is 0 Å². The van der Waals surface area contributed by atoms with Crippen LogP contribution in [0.3, 0.4) is 0 Å². The van der Waals surface area contributed by atoms with Crippen molar-refractivity contribution in [1.29, 1.82) is 0 Å². The van der Waals surface area contributed by atoms with Crippen LogP contribution in [0.5, 0.6) is 0 Å². The standard InChI is InChI=1S/C11H13Br2F/c1-11(2,7-12)6-8-3-4-9(13)5-10(8)14/h3-5H,6-7H2,1-2H3. The molecule has 14 heavy (non-hydrogen) atoms. The van der Waals surface area contributed by atoms with E-state index in [1.54, 1.807) is 0 Å². The molecular formula is C11H13Br2F. The van der Waals surface area contributed by atoms with Gasteiger partial charge in [0.15, 0.2) is 0 Å². The van der Waals surface area contributed by atoms with Gasteiger partial charge in [0, 0.05) is 9.80 Å². The van der Waals surface area contributed by atoms with E-state index >= 15 is 0 Å². The molecule has 0 aliphatic rings. The zero-order valence-electron chi connectivity index (χ0n) is 8.28. The molecule has 1 aromatic rings. The van der Waals surface area contributed by atoms with Crippen LogP contribution in [-0.4, -0.2) is 5.33 Å². The lowest BCUT2D eigenvalue weighted by Gasteiger charge is -2.21. The van der Waals surface area contributed by atoms with Crippen molar-refractivity contribution in [3.63, 3.8) is 0 Å². The molecule has 0 aromatic heterocycles. The molecule has 0 unspecified atom stereocenters. The molecule has 0 spiro atoms. The van der Waals surface area contributed by atoms with Crippen molar-refractivity contribution >= 4 is 31.9 Å². The fraction of sp³-hybridized carbons (Fsp3) is 0.455. The maximum atomic E-state index is 13.5. The average Bonchev–Trinajstić information content (AvgIpc) is 2.10. The SMILES string of the molecule is CC(C)(CBr)Cc1ccc(Br)cc1F. The first kappa shape index (κ1) is 12.2. The molecule has 0 bridgehead atoms. The highest BCUT2D eigenvalue weighted by Crippen LogP contribution is 2.26. The van der Waals surface area contributed by atoms with E-state index < -0.39 is 0 Å². The van der Waals surface area contributed by atoms with Gasteiger partial charge < -0.3 is 0 Å². The van der Waals surface area contributed by atoms with Crippen LogP contribution in [0.4, 0.5) is 4.39 Å². The van der Waals surface area contributed by atoms with Gasteiger partial charge in [0.1, 0.15) is 5.82 Å². The average molecular weight is 324 g/mol. The molecule has 0 nitrogen and oxygen atoms in total. The molecule has 0 fully saturated rings. The summed E-state index contributed by atoms with van der Waals surface area (Å²) in [6.45, 7) is 4.23. The number of hydrogen-bond donors (Lipinski definition) is 0. The van der Waals surface area contributed by atoms with E-state index in [4.69, 9.17) is 0 Å². The van der Waals surface area contributed by atoms with Crippen molar-refractivity contribution in [2.45, 2.75) is 20.3 Å². The quantitative estimate of drug-likeness (QED) is 0.716. The van der Waals surface area contributed by atoms with Gasteiger partial charge in [-0.3, -0.25) is 0 Å². The Kier molecular flexibility index (Phi) is 4.14. The summed E-state index contributed by atoms with van der Waals surface area (Å²) in [5, 5.41) is 0.871. The largest absolute Gasteiger partial charge is 0.207 e. The van der Waals surface area contributed by atoms with Crippen molar-refractivity contribution in [2.24, 2.45) is 5.41 Å². The molecule has 0 heterocycles. The van der Waals surface area contributed by atoms with Crippen LogP contribution in [0.1, 0.15) is 19.4 Å². The van der Waals surface area contributed by atoms with Crippen LogP contribution in [0.15, 0.2) is 22.7 Å². The Balaban J connectivity index is 2.87. The van der Waals surface area contributed by atoms with Crippen LogP contribution in [0.25, 0.3) is 0 Å². The molecule has 3 heteroatoms. The van der Waals surface area contributed by atoms with Gasteiger partial charge in [0.2, 0.25) is 0 Å². The van der Waals surface area contributed by atoms with Crippen molar-refractivity contribution < 1.29 is 4.39 Å². The molecule has 0 N–H and O–H groups in total. The van der Waals surface area contributed by atoms with Gasteiger partial charge in [-0.05, 0) is 29.5 Å². The molecule has 0 aliphatic carbocycles. The predicted octanol–water partition coefficient (Wildman–Crippen LogP) is 4.55. The van der Waals surface area contributed by atoms with Crippen molar-refractivity contribution in [3.8, 4) is 0 Å². The first-order chi connectivity index (χ1) is 6.44. The van der Waals surface area contributed by atoms with Gasteiger partial charge in [-0.25, -0.2) is 4.39 Å². The maximum absolute atomic E-state index is 13.5. The lowest BCUT2D eigenvalue weighted by atomic mass is 9.88. The molecule has 1 rings (SSSR count). The van der Waals surface area contributed by atoms with E-state index in [1.807, 2.05) is 12.1 Å². The molecular weight excluding hydrogens is 311 g/mol. The van der Waals surface area contributed by atoms with E-state index in [9.17, 15) is 4.39 Å². The monoisotopic (exact) mass is 322 g/mol. The summed E-state index contributed by atoms with van der Waals surface area (Å²) in [6.07, 6.45) is 0.747. The second-order valence-corrected chi connectivity index (χ2v) is 5.69. The summed E-state index contributed by atoms with van der Waals surface area (Å²) in [7, 11) is 0. The summed E-state index contributed by atoms with van der Waals surface area (Å²) in [5.74, 6) is -0.131. The van der Waals surface area contributed by atoms with Crippen molar-refractivity contribution in [1.82, 2.24) is 0 Å². The van der Waals surface area contributed by atoms with Crippen LogP contribution in [-0.2, 0) is 6.42 Å². The van der Waals surface area contributed by atoms with Crippen LogP contribution in [0, 0.1) is 11.2 Å². The third kappa shape index (κ3) is 3.35. The Labute approximate surface area is 101 Å². The number of halogens is 3. The van der Waals surface area contributed by atoms with E-state index in [1.165, 1.54) is 6.07 Å². The Bertz CT molecular complexity index is 321. The predicted molar refractivity (Wildman–Crippen MR) is 65.4 cm³/mol. The minimum absolute atomic E-state index is 0.0919. The minimum Gasteiger partial charge on any atom is -0.207 e. The second kappa shape index (κ2) is 4.75. The van der Waals surface area contributed by atoms with E-state index in [0.717, 1.165) is 21.8 Å². The summed E-state index contributed by atoms with van der Waals surface area (Å²) >= 11 is 6.68. The smallest absolute Gasteiger partial charge is 0.127 e. The van der Waals surface area contributed by atoms with E-state index in [2.05, 4.69) is 45.7 Å². The summed E-state index contributed by atoms with van der Waals surface area (Å²) in [6, 6.07) is 5.23. The second-order valence-electron chi connectivity index (χ2n) is 4.21. The fourth-order valence-electron chi connectivity index (χ4n) is 1.23. The lowest BCUT2D eigenvalue weighted by molar-refractivity contribution is 0.415. The Morgan fingerprint density at radius 3 is 2.50 bits per heavy atom. The molecule has 0 amide bonds. The normalized spacial score (nSPS) is 11.8. The number of hydrogen-bond acceptors (Lipinski definition) is 0. The maximum Gasteiger partial charge on any atom is 0.127 e. The van der Waals surface area contributed by atoms with Gasteiger partial charge in [-0.15, -0.1) is 0 Å². The van der Waals surface area contributed by atoms with Gasteiger partial charge in [0.25, 0.3) is 0 Å². The summed E-state index contributed by atoms with van der Waals surface area (Å²) in [4.78, 5) is 0. The first-order valence-electron chi connectivity index (χ1n) is 4.44. The highest BCUT2D eigenvalue weighted by molar-refractivity contribution is 9.10. The van der Waals surface area contributed by atoms with Gasteiger partial charge in [-0.2, -0.15) is 0 Å². The molecule has 78 valence electrons. The Morgan fingerprint density at radius 2 is 2.00 bits per heavy atom. The zero-order chi connectivity index (χ0) is 10.8. The number of benzene rings is 1. The highest BCUT2D eigenvalue weighted by atomic mass is 79.9. The molecule has 0 atom stereocenters. The van der Waals surface area contributed by atoms with Gasteiger partial charge in [0.05, 0.1) is 0 Å². The third-order valence-electron chi connectivity index (χ3n) is 2.05. The molecule has 0 saturated carbocycles. The van der Waals surface area contributed by atoms with Crippen molar-refractivity contribution in [3.05, 3.63) is 34.1 Å². The van der Waals surface area contributed by atoms with Crippen molar-refractivity contribution in [2.75, 3.05) is 5.33 Å². The Morgan fingerprint density at radius 1 is 1.36 bits per heavy atom. The zero-order valence-corrected chi connectivity index (χ0v) is 11.5. The summed E-state index contributed by atoms with van der Waals surface area (Å²) < 4.78 is 14.3. The van der Waals surface area contributed by atoms with Crippen LogP contribution in [0.2, 0.25) is 0 Å². The molecule has 0 radical (unpaired) electrons. The highest BCUT2D eigenvalue weighted by Gasteiger charge is 2.18. The number of rotatable bonds is 3. The van der Waals surface area contributed by atoms with Gasteiger partial charge in [-0.1, -0.05) is 51.8 Å². The first-order valence-corrected chi connectivity index (χ1v) is 6.36. The topological polar surface area (TPSA) is 0 Å². The molecule has 0 saturated heterocycles.